The van der Waals surface area contributed by atoms with Crippen molar-refractivity contribution in [3.8, 4) is 0 Å². The summed E-state index contributed by atoms with van der Waals surface area (Å²) in [5.74, 6) is 3.15. The quantitative estimate of drug-likeness (QED) is 0.612. The molecule has 0 aromatic carbocycles. The number of esters is 1. The molecule has 33 heavy (non-hydrogen) atoms. The molecule has 0 aromatic heterocycles. The van der Waals surface area contributed by atoms with Crippen LogP contribution in [0.1, 0.15) is 79.1 Å². The van der Waals surface area contributed by atoms with E-state index in [4.69, 9.17) is 14.2 Å². The maximum absolute atomic E-state index is 12.2. The number of aliphatic hydroxyl groups is 1. The van der Waals surface area contributed by atoms with Crippen molar-refractivity contribution in [1.82, 2.24) is 4.90 Å². The van der Waals surface area contributed by atoms with E-state index < -0.39 is 5.60 Å². The van der Waals surface area contributed by atoms with Crippen LogP contribution in [0.3, 0.4) is 0 Å². The number of allylic oxidation sites excluding steroid dienone is 1. The van der Waals surface area contributed by atoms with Crippen LogP contribution in [0.15, 0.2) is 34.7 Å². The first kappa shape index (κ1) is 23.0. The lowest BCUT2D eigenvalue weighted by atomic mass is 9.70. The number of cyclic esters (lactones) is 1. The fourth-order valence-electron chi connectivity index (χ4n) is 7.08. The average molecular weight is 458 g/mol. The third-order valence-electron chi connectivity index (χ3n) is 8.82. The highest BCUT2D eigenvalue weighted by Crippen LogP contribution is 2.53. The summed E-state index contributed by atoms with van der Waals surface area (Å²) in [5, 5.41) is 11.8. The lowest BCUT2D eigenvalue weighted by Gasteiger charge is -2.57. The standard InChI is InChI=1S/C27H39NO5/c1-15(2)11-13-27(30)14-12-18-9-10-20-22(19-7-6-8-21(27)28(18)19)16(3)24(32-20)25-23(31-5)17(4)26(29)33-25/h10,15-16,18-19,21-22,30H,6-9,11-14H2,1-5H3/b25-24+/t16-,18+,19-,21-,22+,27+/m0/s1. The molecule has 5 aliphatic heterocycles. The van der Waals surface area contributed by atoms with Gasteiger partial charge in [-0.3, -0.25) is 4.90 Å². The number of fused-ring (bicyclic) bond motifs is 2. The largest absolute Gasteiger partial charge is 0.492 e. The molecule has 0 aliphatic carbocycles. The van der Waals surface area contributed by atoms with Crippen LogP contribution < -0.4 is 0 Å². The first-order valence-electron chi connectivity index (χ1n) is 12.8. The molecule has 6 heteroatoms. The van der Waals surface area contributed by atoms with Gasteiger partial charge < -0.3 is 19.3 Å². The van der Waals surface area contributed by atoms with Crippen molar-refractivity contribution in [3.05, 3.63) is 34.7 Å². The molecule has 0 aromatic rings. The molecule has 6 nitrogen and oxygen atoms in total. The zero-order valence-corrected chi connectivity index (χ0v) is 20.7. The Hall–Kier alpha value is -1.79. The molecule has 5 rings (SSSR count). The zero-order chi connectivity index (χ0) is 23.5. The molecule has 0 bridgehead atoms. The lowest BCUT2D eigenvalue weighted by Crippen LogP contribution is -2.65. The second-order valence-corrected chi connectivity index (χ2v) is 11.2. The van der Waals surface area contributed by atoms with Crippen LogP contribution in [0.25, 0.3) is 0 Å². The van der Waals surface area contributed by atoms with Crippen LogP contribution in [0.2, 0.25) is 0 Å². The van der Waals surface area contributed by atoms with Gasteiger partial charge in [0.05, 0.1) is 18.3 Å². The van der Waals surface area contributed by atoms with Crippen molar-refractivity contribution in [2.45, 2.75) is 103 Å². The van der Waals surface area contributed by atoms with Gasteiger partial charge in [-0.05, 0) is 63.9 Å². The molecule has 0 unspecified atom stereocenters. The van der Waals surface area contributed by atoms with Crippen molar-refractivity contribution in [2.24, 2.45) is 17.8 Å². The smallest absolute Gasteiger partial charge is 0.343 e. The first-order chi connectivity index (χ1) is 15.7. The van der Waals surface area contributed by atoms with Gasteiger partial charge in [0.1, 0.15) is 5.76 Å². The van der Waals surface area contributed by atoms with E-state index in [1.165, 1.54) is 0 Å². The molecule has 0 saturated carbocycles. The second kappa shape index (κ2) is 8.46. The monoisotopic (exact) mass is 457 g/mol. The third-order valence-corrected chi connectivity index (χ3v) is 8.82. The molecule has 6 atom stereocenters. The molecule has 182 valence electrons. The molecule has 0 amide bonds. The molecular weight excluding hydrogens is 418 g/mol. The first-order valence-corrected chi connectivity index (χ1v) is 12.8. The predicted octanol–water partition coefficient (Wildman–Crippen LogP) is 4.80. The number of methoxy groups -OCH3 is 1. The van der Waals surface area contributed by atoms with E-state index in [0.717, 1.165) is 57.1 Å². The molecule has 5 heterocycles. The van der Waals surface area contributed by atoms with Gasteiger partial charge in [0.25, 0.3) is 0 Å². The van der Waals surface area contributed by atoms with Crippen molar-refractivity contribution in [1.29, 1.82) is 0 Å². The summed E-state index contributed by atoms with van der Waals surface area (Å²) >= 11 is 0. The zero-order valence-electron chi connectivity index (χ0n) is 20.7. The van der Waals surface area contributed by atoms with Crippen LogP contribution in [0.5, 0.6) is 0 Å². The fraction of sp³-hybridized carbons (Fsp3) is 0.741. The van der Waals surface area contributed by atoms with Gasteiger partial charge in [-0.2, -0.15) is 0 Å². The Labute approximate surface area is 197 Å². The molecule has 3 fully saturated rings. The molecule has 0 radical (unpaired) electrons. The molecule has 0 spiro atoms. The number of piperidine rings is 2. The SMILES string of the molecule is COC1=C(C)C(=O)O/C1=C1/OC2=CC[C@@H]3CC[C@](O)(CCC(C)C)[C@@H]4CCC[C@@H]([C@H]2[C@@H]1C)N34. The summed E-state index contributed by atoms with van der Waals surface area (Å²) in [6.45, 7) is 8.40. The minimum absolute atomic E-state index is 0.0725. The normalized spacial score (nSPS) is 40.8. The molecular formula is C27H39NO5. The number of nitrogens with zero attached hydrogens (tertiary/aromatic N) is 1. The number of carbonyl (C=O) groups is 1. The van der Waals surface area contributed by atoms with E-state index in [9.17, 15) is 9.90 Å². The predicted molar refractivity (Wildman–Crippen MR) is 125 cm³/mol. The number of ether oxygens (including phenoxy) is 3. The highest BCUT2D eigenvalue weighted by molar-refractivity contribution is 5.93. The van der Waals surface area contributed by atoms with Gasteiger partial charge >= 0.3 is 5.97 Å². The van der Waals surface area contributed by atoms with E-state index in [1.54, 1.807) is 14.0 Å². The number of hydrogen-bond donors (Lipinski definition) is 1. The van der Waals surface area contributed by atoms with E-state index in [2.05, 4.69) is 31.7 Å². The summed E-state index contributed by atoms with van der Waals surface area (Å²) in [6.07, 6.45) is 10.4. The van der Waals surface area contributed by atoms with Gasteiger partial charge in [0.15, 0.2) is 11.5 Å². The van der Waals surface area contributed by atoms with Crippen LogP contribution in [0, 0.1) is 17.8 Å². The van der Waals surface area contributed by atoms with Crippen LogP contribution in [-0.4, -0.2) is 46.8 Å². The van der Waals surface area contributed by atoms with E-state index in [-0.39, 0.29) is 23.8 Å². The molecule has 1 N–H and O–H groups in total. The van der Waals surface area contributed by atoms with Gasteiger partial charge in [0.2, 0.25) is 5.76 Å². The lowest BCUT2D eigenvalue weighted by molar-refractivity contribution is -0.144. The van der Waals surface area contributed by atoms with Crippen molar-refractivity contribution in [3.63, 3.8) is 0 Å². The maximum atomic E-state index is 12.2. The van der Waals surface area contributed by atoms with Gasteiger partial charge in [0, 0.05) is 30.0 Å². The Balaban J connectivity index is 1.49. The number of carbonyl (C=O) groups excluding carboxylic acids is 1. The second-order valence-electron chi connectivity index (χ2n) is 11.2. The van der Waals surface area contributed by atoms with E-state index in [0.29, 0.717) is 40.9 Å². The summed E-state index contributed by atoms with van der Waals surface area (Å²) in [5.41, 5.74) is -0.112. The van der Waals surface area contributed by atoms with Crippen LogP contribution >= 0.6 is 0 Å². The Morgan fingerprint density at radius 1 is 1.27 bits per heavy atom. The van der Waals surface area contributed by atoms with Crippen LogP contribution in [-0.2, 0) is 19.0 Å². The average Bonchev–Trinajstić information content (AvgIpc) is 3.20. The highest BCUT2D eigenvalue weighted by atomic mass is 16.6. The Bertz CT molecular complexity index is 917. The molecule has 5 aliphatic rings. The van der Waals surface area contributed by atoms with Gasteiger partial charge in [-0.25, -0.2) is 4.79 Å². The Morgan fingerprint density at radius 2 is 2.06 bits per heavy atom. The molecule has 3 saturated heterocycles. The fourth-order valence-corrected chi connectivity index (χ4v) is 7.08. The van der Waals surface area contributed by atoms with E-state index >= 15 is 0 Å². The van der Waals surface area contributed by atoms with E-state index in [1.807, 2.05) is 0 Å². The summed E-state index contributed by atoms with van der Waals surface area (Å²) in [6, 6.07) is 1.01. The minimum Gasteiger partial charge on any atom is -0.492 e. The number of hydrogen-bond acceptors (Lipinski definition) is 6. The summed E-state index contributed by atoms with van der Waals surface area (Å²) < 4.78 is 17.6. The van der Waals surface area contributed by atoms with Gasteiger partial charge in [-0.15, -0.1) is 0 Å². The topological polar surface area (TPSA) is 68.2 Å². The van der Waals surface area contributed by atoms with Crippen molar-refractivity contribution >= 4 is 5.97 Å². The Morgan fingerprint density at radius 3 is 2.79 bits per heavy atom. The summed E-state index contributed by atoms with van der Waals surface area (Å²) in [4.78, 5) is 14.9. The number of rotatable bonds is 4. The van der Waals surface area contributed by atoms with Gasteiger partial charge in [-0.1, -0.05) is 27.2 Å². The Kier molecular flexibility index (Phi) is 5.89. The highest BCUT2D eigenvalue weighted by Gasteiger charge is 2.56. The van der Waals surface area contributed by atoms with Crippen LogP contribution in [0.4, 0.5) is 0 Å². The third kappa shape index (κ3) is 3.65. The van der Waals surface area contributed by atoms with Crippen molar-refractivity contribution in [2.75, 3.05) is 7.11 Å². The minimum atomic E-state index is -0.599. The van der Waals surface area contributed by atoms with Crippen molar-refractivity contribution < 1.29 is 24.1 Å². The summed E-state index contributed by atoms with van der Waals surface area (Å²) in [7, 11) is 1.57. The maximum Gasteiger partial charge on any atom is 0.343 e.